The minimum atomic E-state index is 0.0463. The van der Waals surface area contributed by atoms with Gasteiger partial charge in [0.05, 0.1) is 6.10 Å². The van der Waals surface area contributed by atoms with E-state index in [0.29, 0.717) is 0 Å². The predicted molar refractivity (Wildman–Crippen MR) is 23.3 cm³/mol. The Morgan fingerprint density at radius 3 is 2.67 bits per heavy atom. The van der Waals surface area contributed by atoms with Crippen LogP contribution in [0.2, 0.25) is 0 Å². The zero-order valence-corrected chi connectivity index (χ0v) is 3.68. The molecule has 0 saturated carbocycles. The maximum Gasteiger partial charge on any atom is 0.0611 e. The molecule has 1 aliphatic rings. The highest BCUT2D eigenvalue weighted by atomic mass is 16.5. The molecule has 0 aromatic carbocycles. The largest absolute Gasteiger partial charge is 0.378 e. The topological polar surface area (TPSA) is 9.23 Å². The molecule has 0 amide bonds. The van der Waals surface area contributed by atoms with E-state index in [1.807, 2.05) is 0 Å². The lowest BCUT2D eigenvalue weighted by Crippen LogP contribution is -1.94. The van der Waals surface area contributed by atoms with Crippen molar-refractivity contribution in [2.45, 2.75) is 18.9 Å². The van der Waals surface area contributed by atoms with Gasteiger partial charge in [-0.3, -0.25) is 0 Å². The molecule has 1 rings (SSSR count). The van der Waals surface area contributed by atoms with Gasteiger partial charge >= 0.3 is 0 Å². The molecule has 0 aromatic rings. The minimum absolute atomic E-state index is 0.0463. The Labute approximate surface area is 38.3 Å². The molecular formula is C5H8O. The van der Waals surface area contributed by atoms with Gasteiger partial charge in [-0.1, -0.05) is 0 Å². The van der Waals surface area contributed by atoms with Crippen LogP contribution in [0.3, 0.4) is 0 Å². The molecule has 1 heterocycles. The Morgan fingerprint density at radius 1 is 1.67 bits per heavy atom. The average Bonchev–Trinajstić information content (AvgIpc) is 1.86. The third kappa shape index (κ3) is 0.716. The second-order valence-electron chi connectivity index (χ2n) is 1.55. The van der Waals surface area contributed by atoms with E-state index in [0.717, 1.165) is 19.4 Å². The maximum atomic E-state index is 5.31. The third-order valence-corrected chi connectivity index (χ3v) is 0.965. The first-order chi connectivity index (χ1) is 2.89. The lowest BCUT2D eigenvalue weighted by Gasteiger charge is -1.93. The lowest BCUT2D eigenvalue weighted by atomic mass is 10.3. The van der Waals surface area contributed by atoms with Crippen LogP contribution >= 0.6 is 0 Å². The highest BCUT2D eigenvalue weighted by molar-refractivity contribution is 4.64. The first kappa shape index (κ1) is 4.13. The maximum absolute atomic E-state index is 5.31. The molecule has 2 radical (unpaired) electrons. The van der Waals surface area contributed by atoms with Crippen molar-refractivity contribution < 1.29 is 4.74 Å². The summed E-state index contributed by atoms with van der Waals surface area (Å²) in [5.74, 6) is 0. The number of hydrogen-bond donors (Lipinski definition) is 0. The van der Waals surface area contributed by atoms with Crippen LogP contribution in [0.1, 0.15) is 12.8 Å². The van der Waals surface area contributed by atoms with Gasteiger partial charge in [0.2, 0.25) is 0 Å². The van der Waals surface area contributed by atoms with Crippen molar-refractivity contribution in [2.75, 3.05) is 6.61 Å². The van der Waals surface area contributed by atoms with Crippen LogP contribution in [0.4, 0.5) is 0 Å². The smallest absolute Gasteiger partial charge is 0.0611 e. The van der Waals surface area contributed by atoms with Crippen LogP contribution in [0.15, 0.2) is 0 Å². The number of ether oxygens (including phenoxy) is 1. The molecule has 0 N–H and O–H groups in total. The van der Waals surface area contributed by atoms with Crippen molar-refractivity contribution in [3.8, 4) is 0 Å². The Hall–Kier alpha value is -0.0400. The van der Waals surface area contributed by atoms with Gasteiger partial charge in [-0.05, 0) is 19.8 Å². The summed E-state index contributed by atoms with van der Waals surface area (Å²) in [7, 11) is 0. The molecular weight excluding hydrogens is 76.1 g/mol. The molecule has 1 atom stereocenters. The highest BCUT2D eigenvalue weighted by Gasteiger charge is 2.07. The fraction of sp³-hybridized carbons (Fsp3) is 0.800. The molecule has 1 heteroatoms. The summed E-state index contributed by atoms with van der Waals surface area (Å²) in [5.41, 5.74) is 0. The van der Waals surface area contributed by atoms with Crippen LogP contribution in [0.5, 0.6) is 0 Å². The van der Waals surface area contributed by atoms with Crippen molar-refractivity contribution in [3.05, 3.63) is 6.92 Å². The van der Waals surface area contributed by atoms with E-state index < -0.39 is 0 Å². The summed E-state index contributed by atoms with van der Waals surface area (Å²) in [6, 6.07) is 0. The Balaban J connectivity index is 2.18. The Morgan fingerprint density at radius 2 is 2.50 bits per heavy atom. The fourth-order valence-electron chi connectivity index (χ4n) is 0.603. The van der Waals surface area contributed by atoms with Crippen LogP contribution < -0.4 is 0 Å². The summed E-state index contributed by atoms with van der Waals surface area (Å²) in [4.78, 5) is 0. The normalized spacial score (nSPS) is 34.5. The van der Waals surface area contributed by atoms with Crippen molar-refractivity contribution in [3.63, 3.8) is 0 Å². The molecule has 1 nitrogen and oxygen atoms in total. The van der Waals surface area contributed by atoms with E-state index in [-0.39, 0.29) is 6.10 Å². The van der Waals surface area contributed by atoms with Crippen molar-refractivity contribution in [2.24, 2.45) is 0 Å². The van der Waals surface area contributed by atoms with E-state index in [1.54, 1.807) is 0 Å². The van der Waals surface area contributed by atoms with Gasteiger partial charge in [0.15, 0.2) is 0 Å². The van der Waals surface area contributed by atoms with Crippen molar-refractivity contribution in [1.29, 1.82) is 0 Å². The van der Waals surface area contributed by atoms with Gasteiger partial charge < -0.3 is 4.74 Å². The van der Waals surface area contributed by atoms with E-state index in [2.05, 4.69) is 0 Å². The third-order valence-electron chi connectivity index (χ3n) is 0.965. The summed E-state index contributed by atoms with van der Waals surface area (Å²) in [6.45, 7) is 6.17. The van der Waals surface area contributed by atoms with Crippen LogP contribution in [0.25, 0.3) is 0 Å². The number of hydrogen-bond acceptors (Lipinski definition) is 1. The zero-order chi connectivity index (χ0) is 4.41. The summed E-state index contributed by atoms with van der Waals surface area (Å²) >= 11 is 0. The molecule has 1 aliphatic heterocycles. The molecule has 0 bridgehead atoms. The molecule has 0 spiro atoms. The Bertz CT molecular complexity index is 37.2. The molecule has 34 valence electrons. The van der Waals surface area contributed by atoms with Crippen molar-refractivity contribution in [1.82, 2.24) is 0 Å². The first-order valence-corrected chi connectivity index (χ1v) is 2.27. The van der Waals surface area contributed by atoms with E-state index >= 15 is 0 Å². The summed E-state index contributed by atoms with van der Waals surface area (Å²) in [6.07, 6.45) is 2.23. The Kier molecular flexibility index (Phi) is 1.10. The molecule has 1 fully saturated rings. The minimum Gasteiger partial charge on any atom is -0.378 e. The van der Waals surface area contributed by atoms with Gasteiger partial charge in [0.25, 0.3) is 0 Å². The second-order valence-corrected chi connectivity index (χ2v) is 1.55. The van der Waals surface area contributed by atoms with E-state index in [9.17, 15) is 0 Å². The van der Waals surface area contributed by atoms with E-state index in [4.69, 9.17) is 11.7 Å². The lowest BCUT2D eigenvalue weighted by molar-refractivity contribution is 0.144. The second kappa shape index (κ2) is 1.61. The van der Waals surface area contributed by atoms with E-state index in [1.165, 1.54) is 0 Å². The molecule has 0 unspecified atom stereocenters. The van der Waals surface area contributed by atoms with Gasteiger partial charge in [0.1, 0.15) is 0 Å². The van der Waals surface area contributed by atoms with Gasteiger partial charge in [-0.25, -0.2) is 0 Å². The zero-order valence-electron chi connectivity index (χ0n) is 3.68. The van der Waals surface area contributed by atoms with Crippen LogP contribution in [0, 0.1) is 6.92 Å². The monoisotopic (exact) mass is 84.1 g/mol. The standard InChI is InChI=1S/C5H8O/c1-5-3-2-4-6-5/h1,5H,2-4H2/t5-/m1/s1. The van der Waals surface area contributed by atoms with Crippen LogP contribution in [-0.2, 0) is 4.74 Å². The molecule has 0 aliphatic carbocycles. The molecule has 0 aromatic heterocycles. The quantitative estimate of drug-likeness (QED) is 0.423. The van der Waals surface area contributed by atoms with Crippen molar-refractivity contribution >= 4 is 0 Å². The summed E-state index contributed by atoms with van der Waals surface area (Å²) < 4.78 is 4.93. The number of rotatable bonds is 0. The average molecular weight is 84.1 g/mol. The van der Waals surface area contributed by atoms with Gasteiger partial charge in [-0.2, -0.15) is 0 Å². The first-order valence-electron chi connectivity index (χ1n) is 2.27. The van der Waals surface area contributed by atoms with Crippen LogP contribution in [-0.4, -0.2) is 12.7 Å². The SMILES string of the molecule is [CH][C@@H]1CCCO1. The summed E-state index contributed by atoms with van der Waals surface area (Å²) in [5, 5.41) is 0. The fourth-order valence-corrected chi connectivity index (χ4v) is 0.603. The molecule has 1 saturated heterocycles. The molecule has 6 heavy (non-hydrogen) atoms. The van der Waals surface area contributed by atoms with Gasteiger partial charge in [-0.15, -0.1) is 0 Å². The van der Waals surface area contributed by atoms with Gasteiger partial charge in [0, 0.05) is 6.61 Å². The highest BCUT2D eigenvalue weighted by Crippen LogP contribution is 2.08. The predicted octanol–water partition coefficient (Wildman–Crippen LogP) is 0.876.